The molecular weight excluding hydrogens is 245 g/mol. The molecule has 0 aliphatic heterocycles. The number of hydrogen-bond donors (Lipinski definition) is 1. The van der Waals surface area contributed by atoms with E-state index >= 15 is 0 Å². The van der Waals surface area contributed by atoms with Crippen LogP contribution in [0.4, 0.5) is 5.69 Å². The Hall–Kier alpha value is -1.33. The fourth-order valence-corrected chi connectivity index (χ4v) is 1.57. The molecule has 80 valence electrons. The van der Waals surface area contributed by atoms with Gasteiger partial charge in [-0.2, -0.15) is 0 Å². The van der Waals surface area contributed by atoms with E-state index in [0.717, 1.165) is 0 Å². The predicted molar refractivity (Wildman–Crippen MR) is 54.5 cm³/mol. The van der Waals surface area contributed by atoms with Crippen LogP contribution in [0.5, 0.6) is 0 Å². The zero-order valence-corrected chi connectivity index (χ0v) is 8.75. The van der Waals surface area contributed by atoms with Crippen molar-refractivity contribution in [2.24, 2.45) is 0 Å². The number of nitro benzene ring substituents is 1. The predicted octanol–water partition coefficient (Wildman–Crippen LogP) is 2.53. The van der Waals surface area contributed by atoms with Crippen molar-refractivity contribution >= 4 is 34.9 Å². The molecule has 0 saturated heterocycles. The van der Waals surface area contributed by atoms with Gasteiger partial charge in [-0.25, -0.2) is 0 Å². The molecule has 1 aromatic rings. The summed E-state index contributed by atoms with van der Waals surface area (Å²) >= 11 is 11.2. The van der Waals surface area contributed by atoms with Crippen molar-refractivity contribution in [3.8, 4) is 0 Å². The van der Waals surface area contributed by atoms with Crippen LogP contribution in [0.2, 0.25) is 10.0 Å². The lowest BCUT2D eigenvalue weighted by Crippen LogP contribution is -2.05. The van der Waals surface area contributed by atoms with Crippen LogP contribution in [-0.2, 0) is 11.2 Å². The van der Waals surface area contributed by atoms with Gasteiger partial charge in [-0.15, -0.1) is 0 Å². The van der Waals surface area contributed by atoms with Gasteiger partial charge in [0, 0.05) is 0 Å². The fraction of sp³-hybridized carbons (Fsp3) is 0.125. The van der Waals surface area contributed by atoms with Gasteiger partial charge in [0.1, 0.15) is 5.02 Å². The molecule has 0 aliphatic rings. The molecule has 1 rings (SSSR count). The average Bonchev–Trinajstić information content (AvgIpc) is 2.10. The summed E-state index contributed by atoms with van der Waals surface area (Å²) in [7, 11) is 0. The van der Waals surface area contributed by atoms with Gasteiger partial charge < -0.3 is 5.11 Å². The summed E-state index contributed by atoms with van der Waals surface area (Å²) < 4.78 is 0. The molecule has 0 fully saturated rings. The topological polar surface area (TPSA) is 80.4 Å². The van der Waals surface area contributed by atoms with Crippen LogP contribution >= 0.6 is 23.2 Å². The Morgan fingerprint density at radius 2 is 1.93 bits per heavy atom. The second kappa shape index (κ2) is 4.46. The molecule has 0 unspecified atom stereocenters. The van der Waals surface area contributed by atoms with E-state index in [-0.39, 0.29) is 15.6 Å². The zero-order chi connectivity index (χ0) is 11.6. The highest BCUT2D eigenvalue weighted by atomic mass is 35.5. The van der Waals surface area contributed by atoms with Crippen molar-refractivity contribution in [2.75, 3.05) is 0 Å². The van der Waals surface area contributed by atoms with Gasteiger partial charge in [0.25, 0.3) is 5.69 Å². The number of carboxylic acids is 1. The minimum atomic E-state index is -1.21. The second-order valence-electron chi connectivity index (χ2n) is 2.68. The highest BCUT2D eigenvalue weighted by molar-refractivity contribution is 6.35. The molecule has 1 aromatic carbocycles. The van der Waals surface area contributed by atoms with E-state index in [0.29, 0.717) is 0 Å². The Morgan fingerprint density at radius 3 is 2.40 bits per heavy atom. The summed E-state index contributed by atoms with van der Waals surface area (Å²) in [4.78, 5) is 20.4. The molecule has 7 heteroatoms. The molecule has 0 amide bonds. The molecule has 0 spiro atoms. The van der Waals surface area contributed by atoms with Crippen molar-refractivity contribution in [3.05, 3.63) is 37.9 Å². The highest BCUT2D eigenvalue weighted by Gasteiger charge is 2.23. The van der Waals surface area contributed by atoms with Gasteiger partial charge >= 0.3 is 5.97 Å². The number of aliphatic carboxylic acids is 1. The first-order chi connectivity index (χ1) is 6.93. The monoisotopic (exact) mass is 249 g/mol. The van der Waals surface area contributed by atoms with E-state index in [9.17, 15) is 14.9 Å². The van der Waals surface area contributed by atoms with Crippen molar-refractivity contribution in [3.63, 3.8) is 0 Å². The maximum absolute atomic E-state index is 10.6. The lowest BCUT2D eigenvalue weighted by molar-refractivity contribution is -0.385. The van der Waals surface area contributed by atoms with E-state index in [1.165, 1.54) is 12.1 Å². The lowest BCUT2D eigenvalue weighted by Gasteiger charge is -2.03. The molecule has 0 atom stereocenters. The van der Waals surface area contributed by atoms with Crippen LogP contribution < -0.4 is 0 Å². The molecular formula is C8H5Cl2NO4. The maximum atomic E-state index is 10.6. The Kier molecular flexibility index (Phi) is 3.49. The Labute approximate surface area is 94.4 Å². The highest BCUT2D eigenvalue weighted by Crippen LogP contribution is 2.33. The molecule has 1 N–H and O–H groups in total. The SMILES string of the molecule is O=C(O)Cc1c(Cl)ccc(Cl)c1[N+](=O)[O-]. The number of nitrogens with zero attached hydrogens (tertiary/aromatic N) is 1. The zero-order valence-electron chi connectivity index (χ0n) is 7.24. The number of halogens is 2. The number of hydrogen-bond acceptors (Lipinski definition) is 3. The molecule has 0 radical (unpaired) electrons. The normalized spacial score (nSPS) is 10.0. The van der Waals surface area contributed by atoms with Gasteiger partial charge in [0.05, 0.1) is 21.9 Å². The van der Waals surface area contributed by atoms with E-state index in [1.807, 2.05) is 0 Å². The molecule has 5 nitrogen and oxygen atoms in total. The first-order valence-corrected chi connectivity index (χ1v) is 4.52. The third-order valence-electron chi connectivity index (χ3n) is 1.69. The van der Waals surface area contributed by atoms with Gasteiger partial charge in [0.15, 0.2) is 0 Å². The van der Waals surface area contributed by atoms with Gasteiger partial charge in [-0.3, -0.25) is 14.9 Å². The van der Waals surface area contributed by atoms with Crippen LogP contribution in [0.25, 0.3) is 0 Å². The Bertz CT molecular complexity index is 433. The van der Waals surface area contributed by atoms with Gasteiger partial charge in [0.2, 0.25) is 0 Å². The van der Waals surface area contributed by atoms with Crippen LogP contribution in [0.15, 0.2) is 12.1 Å². The fourth-order valence-electron chi connectivity index (χ4n) is 1.10. The minimum absolute atomic E-state index is 0.0218. The maximum Gasteiger partial charge on any atom is 0.308 e. The van der Waals surface area contributed by atoms with Crippen LogP contribution in [0.3, 0.4) is 0 Å². The van der Waals surface area contributed by atoms with Gasteiger partial charge in [-0.05, 0) is 12.1 Å². The first kappa shape index (κ1) is 11.7. The summed E-state index contributed by atoms with van der Waals surface area (Å²) in [6.07, 6.45) is -0.532. The first-order valence-electron chi connectivity index (χ1n) is 3.76. The number of carboxylic acid groups (broad SMARTS) is 1. The molecule has 0 aromatic heterocycles. The third-order valence-corrected chi connectivity index (χ3v) is 2.35. The number of benzene rings is 1. The summed E-state index contributed by atoms with van der Waals surface area (Å²) in [6, 6.07) is 2.59. The molecule has 0 saturated carbocycles. The summed E-state index contributed by atoms with van der Waals surface area (Å²) in [5, 5.41) is 19.1. The van der Waals surface area contributed by atoms with E-state index in [4.69, 9.17) is 28.3 Å². The van der Waals surface area contributed by atoms with E-state index in [2.05, 4.69) is 0 Å². The molecule has 0 aliphatic carbocycles. The van der Waals surface area contributed by atoms with Crippen LogP contribution in [0, 0.1) is 10.1 Å². The number of rotatable bonds is 3. The summed E-state index contributed by atoms with van der Waals surface area (Å²) in [5.41, 5.74) is -0.534. The molecule has 0 bridgehead atoms. The largest absolute Gasteiger partial charge is 0.481 e. The van der Waals surface area contributed by atoms with Crippen LogP contribution in [-0.4, -0.2) is 16.0 Å². The molecule has 0 heterocycles. The lowest BCUT2D eigenvalue weighted by atomic mass is 10.1. The second-order valence-corrected chi connectivity index (χ2v) is 3.50. The number of carbonyl (C=O) groups is 1. The molecule has 15 heavy (non-hydrogen) atoms. The van der Waals surface area contributed by atoms with Crippen LogP contribution in [0.1, 0.15) is 5.56 Å². The average molecular weight is 250 g/mol. The van der Waals surface area contributed by atoms with E-state index < -0.39 is 23.0 Å². The van der Waals surface area contributed by atoms with Crippen molar-refractivity contribution in [1.29, 1.82) is 0 Å². The Balaban J connectivity index is 3.38. The Morgan fingerprint density at radius 1 is 1.40 bits per heavy atom. The summed E-state index contributed by atoms with van der Waals surface area (Å²) in [5.74, 6) is -1.21. The van der Waals surface area contributed by atoms with Crippen molar-refractivity contribution in [1.82, 2.24) is 0 Å². The summed E-state index contributed by atoms with van der Waals surface area (Å²) in [6.45, 7) is 0. The quantitative estimate of drug-likeness (QED) is 0.660. The third kappa shape index (κ3) is 2.57. The van der Waals surface area contributed by atoms with Gasteiger partial charge in [-0.1, -0.05) is 23.2 Å². The van der Waals surface area contributed by atoms with Crippen molar-refractivity contribution < 1.29 is 14.8 Å². The smallest absolute Gasteiger partial charge is 0.308 e. The minimum Gasteiger partial charge on any atom is -0.481 e. The van der Waals surface area contributed by atoms with Crippen molar-refractivity contribution in [2.45, 2.75) is 6.42 Å². The standard InChI is InChI=1S/C8H5Cl2NO4/c9-5-1-2-6(10)8(11(14)15)4(5)3-7(12)13/h1-2H,3H2,(H,12,13). The number of nitro groups is 1. The van der Waals surface area contributed by atoms with E-state index in [1.54, 1.807) is 0 Å².